The molecule has 3 amide bonds. The largest absolute Gasteiger partial charge is 0.489 e. The third-order valence-corrected chi connectivity index (χ3v) is 9.34. The van der Waals surface area contributed by atoms with Crippen molar-refractivity contribution in [3.63, 3.8) is 0 Å². The number of amides is 3. The molecule has 0 spiro atoms. The average Bonchev–Trinajstić information content (AvgIpc) is 3.72. The topological polar surface area (TPSA) is 101 Å². The number of benzene rings is 2. The number of pyridine rings is 1. The lowest BCUT2D eigenvalue weighted by Crippen LogP contribution is -2.52. The van der Waals surface area contributed by atoms with E-state index < -0.39 is 11.9 Å². The van der Waals surface area contributed by atoms with Crippen LogP contribution in [0, 0.1) is 0 Å². The van der Waals surface area contributed by atoms with Gasteiger partial charge in [0.1, 0.15) is 17.9 Å². The van der Waals surface area contributed by atoms with Gasteiger partial charge in [0.2, 0.25) is 11.8 Å². The van der Waals surface area contributed by atoms with Crippen LogP contribution in [-0.2, 0) is 27.4 Å². The number of piperidine rings is 1. The quantitative estimate of drug-likeness (QED) is 0.431. The number of nitrogens with one attached hydrogen (secondary N) is 1. The Morgan fingerprint density at radius 2 is 1.90 bits per heavy atom. The lowest BCUT2D eigenvalue weighted by atomic mass is 9.99. The van der Waals surface area contributed by atoms with Gasteiger partial charge >= 0.3 is 0 Å². The Morgan fingerprint density at radius 3 is 2.76 bits per heavy atom. The molecule has 1 aliphatic carbocycles. The molecule has 0 bridgehead atoms. The summed E-state index contributed by atoms with van der Waals surface area (Å²) < 4.78 is 12.0. The maximum Gasteiger partial charge on any atom is 0.255 e. The molecule has 4 heterocycles. The summed E-state index contributed by atoms with van der Waals surface area (Å²) in [7, 11) is 1.80. The Balaban J connectivity index is 0.962. The minimum absolute atomic E-state index is 0.0659. The lowest BCUT2D eigenvalue weighted by Gasteiger charge is -2.29. The van der Waals surface area contributed by atoms with E-state index in [2.05, 4.69) is 40.5 Å². The van der Waals surface area contributed by atoms with Crippen molar-refractivity contribution in [3.05, 3.63) is 70.9 Å². The minimum atomic E-state index is -0.612. The van der Waals surface area contributed by atoms with E-state index in [9.17, 15) is 14.4 Å². The second kappa shape index (κ2) is 11.1. The van der Waals surface area contributed by atoms with Crippen LogP contribution in [-0.4, -0.2) is 71.0 Å². The predicted octanol–water partition coefficient (Wildman–Crippen LogP) is 3.93. The molecule has 3 fully saturated rings. The first-order valence-corrected chi connectivity index (χ1v) is 15.0. The Kier molecular flexibility index (Phi) is 7.15. The number of hydrogen-bond donors (Lipinski definition) is 1. The van der Waals surface area contributed by atoms with Gasteiger partial charge in [0.25, 0.3) is 5.91 Å². The van der Waals surface area contributed by atoms with Gasteiger partial charge in [-0.05, 0) is 73.2 Å². The van der Waals surface area contributed by atoms with Gasteiger partial charge in [-0.15, -0.1) is 0 Å². The minimum Gasteiger partial charge on any atom is -0.489 e. The third kappa shape index (κ3) is 5.16. The van der Waals surface area contributed by atoms with E-state index in [1.165, 1.54) is 12.0 Å². The number of nitrogens with zero attached hydrogens (tertiary/aromatic N) is 3. The second-order valence-corrected chi connectivity index (χ2v) is 12.1. The van der Waals surface area contributed by atoms with Crippen molar-refractivity contribution in [2.45, 2.75) is 75.8 Å². The zero-order chi connectivity index (χ0) is 28.8. The van der Waals surface area contributed by atoms with E-state index in [0.717, 1.165) is 66.8 Å². The number of fused-ring (bicyclic) bond motifs is 2. The van der Waals surface area contributed by atoms with Crippen molar-refractivity contribution in [1.29, 1.82) is 0 Å². The molecule has 1 aromatic heterocycles. The SMILES string of the molecule is COC1CCC[C@@H]1c1ccc2cc(CN3CC[C@H](Oc4ccc5c(c4)CN(C4CCC(=O)NC4=O)C5=O)C3)ccc2n1. The summed E-state index contributed by atoms with van der Waals surface area (Å²) in [6.45, 7) is 2.98. The molecule has 1 saturated carbocycles. The summed E-state index contributed by atoms with van der Waals surface area (Å²) in [4.78, 5) is 45.8. The molecular formula is C33H36N4O5. The normalized spacial score (nSPS) is 26.2. The number of carbonyl (C=O) groups excluding carboxylic acids is 3. The van der Waals surface area contributed by atoms with E-state index in [0.29, 0.717) is 24.4 Å². The number of hydrogen-bond acceptors (Lipinski definition) is 7. The fraction of sp³-hybridized carbons (Fsp3) is 0.455. The lowest BCUT2D eigenvalue weighted by molar-refractivity contribution is -0.136. The average molecular weight is 569 g/mol. The molecule has 3 aromatic rings. The summed E-state index contributed by atoms with van der Waals surface area (Å²) >= 11 is 0. The first kappa shape index (κ1) is 27.0. The summed E-state index contributed by atoms with van der Waals surface area (Å²) in [5.41, 5.74) is 4.89. The number of likely N-dealkylation sites (tertiary alicyclic amines) is 1. The number of aromatic nitrogens is 1. The first-order chi connectivity index (χ1) is 20.4. The standard InChI is InChI=1S/C33H36N4O5/c1-41-30-4-2-3-26(30)28-10-6-21-15-20(5-9-27(21)34-28)17-36-14-13-24(19-36)42-23-7-8-25-22(16-23)18-37(33(25)40)29-11-12-31(38)35-32(29)39/h5-10,15-16,24,26,29-30H,2-4,11-14,17-19H2,1H3,(H,35,38,39)/t24-,26+,29?,30?/m0/s1. The molecule has 2 unspecified atom stereocenters. The zero-order valence-corrected chi connectivity index (χ0v) is 23.9. The van der Waals surface area contributed by atoms with Crippen molar-refractivity contribution < 1.29 is 23.9 Å². The van der Waals surface area contributed by atoms with Gasteiger partial charge in [0.05, 0.1) is 11.6 Å². The number of methoxy groups -OCH3 is 1. The van der Waals surface area contributed by atoms with Crippen LogP contribution < -0.4 is 10.1 Å². The van der Waals surface area contributed by atoms with Gasteiger partial charge in [-0.2, -0.15) is 0 Å². The van der Waals surface area contributed by atoms with Crippen molar-refractivity contribution in [1.82, 2.24) is 20.1 Å². The molecule has 2 aromatic carbocycles. The molecule has 9 nitrogen and oxygen atoms in total. The number of ether oxygens (including phenoxy) is 2. The molecule has 2 saturated heterocycles. The van der Waals surface area contributed by atoms with Crippen LogP contribution in [0.5, 0.6) is 5.75 Å². The zero-order valence-electron chi connectivity index (χ0n) is 23.9. The maximum absolute atomic E-state index is 13.0. The number of imide groups is 1. The number of rotatable bonds is 7. The van der Waals surface area contributed by atoms with Crippen LogP contribution >= 0.6 is 0 Å². The molecule has 9 heteroatoms. The van der Waals surface area contributed by atoms with Crippen molar-refractivity contribution in [2.24, 2.45) is 0 Å². The van der Waals surface area contributed by atoms with Crippen molar-refractivity contribution >= 4 is 28.6 Å². The molecular weight excluding hydrogens is 532 g/mol. The molecule has 42 heavy (non-hydrogen) atoms. The molecule has 3 aliphatic heterocycles. The summed E-state index contributed by atoms with van der Waals surface area (Å²) in [5.74, 6) is 0.276. The van der Waals surface area contributed by atoms with E-state index in [1.54, 1.807) is 18.1 Å². The molecule has 0 radical (unpaired) electrons. The van der Waals surface area contributed by atoms with Crippen LogP contribution in [0.2, 0.25) is 0 Å². The Labute approximate surface area is 245 Å². The van der Waals surface area contributed by atoms with E-state index in [1.807, 2.05) is 12.1 Å². The molecule has 4 atom stereocenters. The van der Waals surface area contributed by atoms with Crippen LogP contribution in [0.1, 0.15) is 71.6 Å². The van der Waals surface area contributed by atoms with Gasteiger partial charge in [0.15, 0.2) is 0 Å². The summed E-state index contributed by atoms with van der Waals surface area (Å²) in [5, 5.41) is 3.51. The van der Waals surface area contributed by atoms with Crippen LogP contribution in [0.4, 0.5) is 0 Å². The molecule has 7 rings (SSSR count). The summed E-state index contributed by atoms with van der Waals surface area (Å²) in [6.07, 6.45) is 5.30. The van der Waals surface area contributed by atoms with E-state index in [-0.39, 0.29) is 30.4 Å². The third-order valence-electron chi connectivity index (χ3n) is 9.34. The van der Waals surface area contributed by atoms with Gasteiger partial charge in [-0.25, -0.2) is 0 Å². The fourth-order valence-electron chi connectivity index (χ4n) is 7.15. The van der Waals surface area contributed by atoms with Crippen LogP contribution in [0.3, 0.4) is 0 Å². The highest BCUT2D eigenvalue weighted by atomic mass is 16.5. The van der Waals surface area contributed by atoms with Gasteiger partial charge < -0.3 is 14.4 Å². The van der Waals surface area contributed by atoms with Gasteiger partial charge in [-0.3, -0.25) is 29.6 Å². The molecule has 1 N–H and O–H groups in total. The van der Waals surface area contributed by atoms with Crippen LogP contribution in [0.15, 0.2) is 48.5 Å². The Morgan fingerprint density at radius 1 is 1.00 bits per heavy atom. The first-order valence-electron chi connectivity index (χ1n) is 15.0. The molecule has 218 valence electrons. The summed E-state index contributed by atoms with van der Waals surface area (Å²) in [6, 6.07) is 15.9. The highest BCUT2D eigenvalue weighted by Crippen LogP contribution is 2.36. The fourth-order valence-corrected chi connectivity index (χ4v) is 7.15. The Bertz CT molecular complexity index is 1560. The molecule has 4 aliphatic rings. The van der Waals surface area contributed by atoms with Crippen molar-refractivity contribution in [2.75, 3.05) is 20.2 Å². The predicted molar refractivity (Wildman–Crippen MR) is 156 cm³/mol. The van der Waals surface area contributed by atoms with Crippen molar-refractivity contribution in [3.8, 4) is 5.75 Å². The van der Waals surface area contributed by atoms with Crippen LogP contribution in [0.25, 0.3) is 10.9 Å². The highest BCUT2D eigenvalue weighted by Gasteiger charge is 2.39. The monoisotopic (exact) mass is 568 g/mol. The maximum atomic E-state index is 13.0. The highest BCUT2D eigenvalue weighted by molar-refractivity contribution is 6.05. The Hall–Kier alpha value is -3.82. The second-order valence-electron chi connectivity index (χ2n) is 12.1. The van der Waals surface area contributed by atoms with E-state index >= 15 is 0 Å². The van der Waals surface area contributed by atoms with Gasteiger partial charge in [0, 0.05) is 62.3 Å². The van der Waals surface area contributed by atoms with E-state index in [4.69, 9.17) is 14.5 Å². The smallest absolute Gasteiger partial charge is 0.255 e. The number of carbonyl (C=O) groups is 3. The van der Waals surface area contributed by atoms with Gasteiger partial charge in [-0.1, -0.05) is 18.6 Å².